The van der Waals surface area contributed by atoms with Gasteiger partial charge in [-0.3, -0.25) is 4.79 Å². The van der Waals surface area contributed by atoms with Gasteiger partial charge in [-0.15, -0.1) is 5.10 Å². The zero-order valence-electron chi connectivity index (χ0n) is 10.7. The number of hydrogen-bond acceptors (Lipinski definition) is 4. The number of nitrogens with zero attached hydrogens (tertiary/aromatic N) is 4. The van der Waals surface area contributed by atoms with Crippen LogP contribution in [-0.4, -0.2) is 25.1 Å². The van der Waals surface area contributed by atoms with Gasteiger partial charge in [0.2, 0.25) is 5.91 Å². The Balaban J connectivity index is 1.78. The Morgan fingerprint density at radius 2 is 2.05 bits per heavy atom. The Morgan fingerprint density at radius 1 is 1.29 bits per heavy atom. The first kappa shape index (κ1) is 13.0. The van der Waals surface area contributed by atoms with Crippen molar-refractivity contribution in [2.24, 2.45) is 0 Å². The third kappa shape index (κ3) is 2.64. The Hall–Kier alpha value is -3.03. The maximum Gasteiger partial charge on any atom is 0.352 e. The molecule has 7 nitrogen and oxygen atoms in total. The second-order valence-corrected chi connectivity index (χ2v) is 4.28. The lowest BCUT2D eigenvalue weighted by molar-refractivity contribution is -0.117. The number of carbonyl (C=O) groups excluding carboxylic acids is 1. The van der Waals surface area contributed by atoms with Gasteiger partial charge in [-0.1, -0.05) is 0 Å². The fraction of sp³-hybridized carbons (Fsp3) is 0.0769. The van der Waals surface area contributed by atoms with Gasteiger partial charge < -0.3 is 5.32 Å². The highest BCUT2D eigenvalue weighted by Gasteiger charge is 2.11. The van der Waals surface area contributed by atoms with E-state index in [4.69, 9.17) is 0 Å². The van der Waals surface area contributed by atoms with Crippen LogP contribution in [0.25, 0.3) is 5.78 Å². The molecule has 3 aromatic rings. The summed E-state index contributed by atoms with van der Waals surface area (Å²) >= 11 is 0. The minimum atomic E-state index is -0.452. The number of amides is 1. The molecule has 0 unspecified atom stereocenters. The topological polar surface area (TPSA) is 81.3 Å². The lowest BCUT2D eigenvalue weighted by Gasteiger charge is -2.04. The fourth-order valence-electron chi connectivity index (χ4n) is 1.83. The second kappa shape index (κ2) is 5.16. The third-order valence-corrected chi connectivity index (χ3v) is 2.79. The number of rotatable bonds is 3. The highest BCUT2D eigenvalue weighted by Crippen LogP contribution is 2.08. The maximum atomic E-state index is 12.8. The summed E-state index contributed by atoms with van der Waals surface area (Å²) in [5.74, 6) is -0.611. The van der Waals surface area contributed by atoms with Gasteiger partial charge in [0.25, 0.3) is 5.78 Å². The van der Waals surface area contributed by atoms with Crippen LogP contribution in [0, 0.1) is 5.82 Å². The molecule has 1 N–H and O–H groups in total. The van der Waals surface area contributed by atoms with Gasteiger partial charge in [-0.05, 0) is 30.3 Å². The summed E-state index contributed by atoms with van der Waals surface area (Å²) in [7, 11) is 0. The maximum absolute atomic E-state index is 12.8. The van der Waals surface area contributed by atoms with E-state index < -0.39 is 17.4 Å². The molecule has 21 heavy (non-hydrogen) atoms. The Bertz CT molecular complexity index is 853. The van der Waals surface area contributed by atoms with Crippen LogP contribution in [0.4, 0.5) is 10.1 Å². The predicted octanol–water partition coefficient (Wildman–Crippen LogP) is 0.669. The molecular weight excluding hydrogens is 277 g/mol. The van der Waals surface area contributed by atoms with Gasteiger partial charge >= 0.3 is 5.69 Å². The van der Waals surface area contributed by atoms with E-state index in [9.17, 15) is 14.0 Å². The summed E-state index contributed by atoms with van der Waals surface area (Å²) < 4.78 is 15.0. The molecule has 0 atom stereocenters. The summed E-state index contributed by atoms with van der Waals surface area (Å²) in [5, 5.41) is 6.50. The Labute approximate surface area is 117 Å². The molecule has 0 saturated heterocycles. The van der Waals surface area contributed by atoms with Crippen LogP contribution in [0.15, 0.2) is 47.5 Å². The predicted molar refractivity (Wildman–Crippen MR) is 72.3 cm³/mol. The van der Waals surface area contributed by atoms with Crippen molar-refractivity contribution in [1.82, 2.24) is 19.2 Å². The van der Waals surface area contributed by atoms with E-state index in [1.165, 1.54) is 41.1 Å². The van der Waals surface area contributed by atoms with Crippen LogP contribution in [0.1, 0.15) is 0 Å². The van der Waals surface area contributed by atoms with Crippen molar-refractivity contribution < 1.29 is 9.18 Å². The molecule has 1 aromatic carbocycles. The smallest absolute Gasteiger partial charge is 0.324 e. The van der Waals surface area contributed by atoms with Crippen molar-refractivity contribution in [2.45, 2.75) is 6.54 Å². The first-order chi connectivity index (χ1) is 10.1. The number of anilines is 1. The largest absolute Gasteiger partial charge is 0.352 e. The van der Waals surface area contributed by atoms with Crippen LogP contribution >= 0.6 is 0 Å². The van der Waals surface area contributed by atoms with Crippen LogP contribution in [0.3, 0.4) is 0 Å². The summed E-state index contributed by atoms with van der Waals surface area (Å²) in [6, 6.07) is 6.93. The van der Waals surface area contributed by atoms with Gasteiger partial charge in [-0.25, -0.2) is 23.3 Å². The lowest BCUT2D eigenvalue weighted by Crippen LogP contribution is -2.28. The number of aromatic nitrogens is 4. The molecule has 0 bridgehead atoms. The molecule has 0 aliphatic heterocycles. The van der Waals surface area contributed by atoms with Gasteiger partial charge in [-0.2, -0.15) is 0 Å². The first-order valence-corrected chi connectivity index (χ1v) is 6.09. The molecule has 3 rings (SSSR count). The Morgan fingerprint density at radius 3 is 2.76 bits per heavy atom. The Kier molecular flexibility index (Phi) is 3.19. The van der Waals surface area contributed by atoms with Crippen molar-refractivity contribution in [2.75, 3.05) is 5.32 Å². The van der Waals surface area contributed by atoms with Gasteiger partial charge in [0.05, 0.1) is 0 Å². The van der Waals surface area contributed by atoms with Crippen molar-refractivity contribution in [1.29, 1.82) is 0 Å². The molecule has 2 heterocycles. The van der Waals surface area contributed by atoms with E-state index in [0.717, 1.165) is 4.68 Å². The van der Waals surface area contributed by atoms with E-state index >= 15 is 0 Å². The number of hydrogen-bond donors (Lipinski definition) is 1. The molecule has 0 spiro atoms. The van der Waals surface area contributed by atoms with E-state index in [1.807, 2.05) is 0 Å². The van der Waals surface area contributed by atoms with Crippen molar-refractivity contribution in [3.05, 3.63) is 59.0 Å². The molecule has 2 aromatic heterocycles. The highest BCUT2D eigenvalue weighted by atomic mass is 19.1. The molecule has 0 fully saturated rings. The van der Waals surface area contributed by atoms with E-state index in [2.05, 4.69) is 15.4 Å². The third-order valence-electron chi connectivity index (χ3n) is 2.79. The zero-order valence-corrected chi connectivity index (χ0v) is 10.7. The summed E-state index contributed by atoms with van der Waals surface area (Å²) in [6.07, 6.45) is 3.02. The van der Waals surface area contributed by atoms with E-state index in [0.29, 0.717) is 5.69 Å². The lowest BCUT2D eigenvalue weighted by atomic mass is 10.3. The average molecular weight is 287 g/mol. The number of benzene rings is 1. The average Bonchev–Trinajstić information content (AvgIpc) is 2.78. The zero-order chi connectivity index (χ0) is 14.8. The van der Waals surface area contributed by atoms with Crippen LogP contribution in [-0.2, 0) is 11.3 Å². The molecule has 8 heteroatoms. The monoisotopic (exact) mass is 287 g/mol. The molecule has 0 aliphatic carbocycles. The molecule has 0 aliphatic rings. The number of nitrogens with one attached hydrogen (secondary N) is 1. The summed E-state index contributed by atoms with van der Waals surface area (Å²) in [4.78, 5) is 27.7. The minimum Gasteiger partial charge on any atom is -0.324 e. The van der Waals surface area contributed by atoms with Gasteiger partial charge in [0.15, 0.2) is 0 Å². The van der Waals surface area contributed by atoms with Gasteiger partial charge in [0, 0.05) is 18.1 Å². The first-order valence-electron chi connectivity index (χ1n) is 6.09. The summed E-state index contributed by atoms with van der Waals surface area (Å²) in [6.45, 7) is -0.250. The number of halogens is 1. The van der Waals surface area contributed by atoms with E-state index in [-0.39, 0.29) is 12.3 Å². The van der Waals surface area contributed by atoms with Gasteiger partial charge in [0.1, 0.15) is 12.4 Å². The summed E-state index contributed by atoms with van der Waals surface area (Å²) in [5.41, 5.74) is -0.0105. The normalized spacial score (nSPS) is 10.7. The fourth-order valence-corrected chi connectivity index (χ4v) is 1.83. The number of fused-ring (bicyclic) bond motifs is 1. The quantitative estimate of drug-likeness (QED) is 0.767. The standard InChI is InChI=1S/C13H10FN5O2/c14-9-2-4-10(5-3-9)16-11(20)8-19-13(21)18-7-1-6-15-12(18)17-19/h1-7H,8H2,(H,16,20). The van der Waals surface area contributed by atoms with Crippen molar-refractivity contribution >= 4 is 17.4 Å². The van der Waals surface area contributed by atoms with Crippen LogP contribution in [0.5, 0.6) is 0 Å². The number of carbonyl (C=O) groups is 1. The second-order valence-electron chi connectivity index (χ2n) is 4.28. The molecule has 0 radical (unpaired) electrons. The molecule has 1 amide bonds. The van der Waals surface area contributed by atoms with Crippen molar-refractivity contribution in [3.8, 4) is 0 Å². The van der Waals surface area contributed by atoms with Crippen LogP contribution < -0.4 is 11.0 Å². The van der Waals surface area contributed by atoms with Crippen LogP contribution in [0.2, 0.25) is 0 Å². The SMILES string of the molecule is O=C(Cn1nc2ncccn2c1=O)Nc1ccc(F)cc1. The molecular formula is C13H10FN5O2. The minimum absolute atomic E-state index is 0.220. The highest BCUT2D eigenvalue weighted by molar-refractivity contribution is 5.90. The molecule has 0 saturated carbocycles. The molecule has 106 valence electrons. The van der Waals surface area contributed by atoms with E-state index in [1.54, 1.807) is 6.07 Å². The van der Waals surface area contributed by atoms with Crippen molar-refractivity contribution in [3.63, 3.8) is 0 Å².